The highest BCUT2D eigenvalue weighted by atomic mass is 32.2. The minimum Gasteiger partial charge on any atom is -0.372 e. The molecule has 124 valence electrons. The van der Waals surface area contributed by atoms with Crippen LogP contribution in [0.4, 0.5) is 18.9 Å². The number of anilines is 1. The lowest BCUT2D eigenvalue weighted by molar-refractivity contribution is -0.127. The van der Waals surface area contributed by atoms with Crippen molar-refractivity contribution < 1.29 is 31.1 Å². The number of halogens is 3. The van der Waals surface area contributed by atoms with E-state index in [1.165, 1.54) is 18.9 Å². The van der Waals surface area contributed by atoms with Crippen molar-refractivity contribution in [3.05, 3.63) is 24.3 Å². The van der Waals surface area contributed by atoms with Gasteiger partial charge in [0, 0.05) is 19.3 Å². The van der Waals surface area contributed by atoms with Crippen LogP contribution in [0.15, 0.2) is 29.2 Å². The maximum Gasteiger partial charge on any atom is 0.501 e. The first kappa shape index (κ1) is 18.4. The summed E-state index contributed by atoms with van der Waals surface area (Å²) in [6.07, 6.45) is -0.724. The number of carbonyl (C=O) groups excluding carboxylic acids is 1. The number of alkyl halides is 3. The summed E-state index contributed by atoms with van der Waals surface area (Å²) >= 11 is 0. The number of methoxy groups -OCH3 is 1. The molecule has 0 N–H and O–H groups in total. The number of rotatable bonds is 5. The number of benzene rings is 1. The first-order valence-corrected chi connectivity index (χ1v) is 7.80. The Hall–Kier alpha value is -1.61. The zero-order valence-electron chi connectivity index (χ0n) is 12.2. The van der Waals surface area contributed by atoms with Crippen LogP contribution in [0.5, 0.6) is 0 Å². The van der Waals surface area contributed by atoms with Gasteiger partial charge in [-0.2, -0.15) is 13.2 Å². The van der Waals surface area contributed by atoms with Crippen molar-refractivity contribution in [2.75, 3.05) is 18.6 Å². The fraction of sp³-hybridized carbons (Fsp3) is 0.462. The van der Waals surface area contributed by atoms with Gasteiger partial charge in [0.2, 0.25) is 0 Å². The second-order valence-corrected chi connectivity index (χ2v) is 6.34. The molecule has 0 bridgehead atoms. The van der Waals surface area contributed by atoms with E-state index in [2.05, 4.69) is 0 Å². The Kier molecular flexibility index (Phi) is 5.58. The fourth-order valence-corrected chi connectivity index (χ4v) is 2.49. The molecule has 0 heterocycles. The molecule has 1 unspecified atom stereocenters. The molecule has 0 spiro atoms. The van der Waals surface area contributed by atoms with Crippen molar-refractivity contribution in [1.29, 1.82) is 0 Å². The molecule has 9 heteroatoms. The number of carbonyl (C=O) groups is 1. The Bertz CT molecular complexity index is 626. The maximum atomic E-state index is 12.5. The molecule has 0 fully saturated rings. The second kappa shape index (κ2) is 6.66. The number of nitrogens with zero attached hydrogens (tertiary/aromatic N) is 1. The average molecular weight is 339 g/mol. The summed E-state index contributed by atoms with van der Waals surface area (Å²) in [5, 5.41) is 0. The smallest absolute Gasteiger partial charge is 0.372 e. The summed E-state index contributed by atoms with van der Waals surface area (Å²) in [4.78, 5) is 12.5. The highest BCUT2D eigenvalue weighted by Crippen LogP contribution is 2.31. The van der Waals surface area contributed by atoms with Crippen molar-refractivity contribution in [3.8, 4) is 0 Å². The number of amides is 1. The first-order chi connectivity index (χ1) is 10.1. The van der Waals surface area contributed by atoms with Crippen molar-refractivity contribution >= 4 is 21.4 Å². The van der Waals surface area contributed by atoms with Gasteiger partial charge in [0.25, 0.3) is 15.7 Å². The Morgan fingerprint density at radius 1 is 1.27 bits per heavy atom. The Morgan fingerprint density at radius 2 is 1.77 bits per heavy atom. The number of hydrogen-bond acceptors (Lipinski definition) is 4. The minimum atomic E-state index is -5.39. The molecule has 1 atom stereocenters. The summed E-state index contributed by atoms with van der Waals surface area (Å²) < 4.78 is 64.8. The third kappa shape index (κ3) is 3.58. The topological polar surface area (TPSA) is 63.7 Å². The standard InChI is InChI=1S/C13H16F3NO4S/c1-4-17(12(18)9(2)21-3)10-5-7-11(8-6-10)22(19,20)13(14,15)16/h5-9H,4H2,1-3H3. The van der Waals surface area contributed by atoms with Crippen LogP contribution in [-0.4, -0.2) is 39.6 Å². The molecule has 1 aromatic rings. The molecule has 1 amide bonds. The van der Waals surface area contributed by atoms with E-state index in [9.17, 15) is 26.4 Å². The van der Waals surface area contributed by atoms with Crippen molar-refractivity contribution in [3.63, 3.8) is 0 Å². The van der Waals surface area contributed by atoms with Gasteiger partial charge in [-0.25, -0.2) is 8.42 Å². The third-order valence-electron chi connectivity index (χ3n) is 3.05. The monoisotopic (exact) mass is 339 g/mol. The van der Waals surface area contributed by atoms with E-state index in [4.69, 9.17) is 4.74 Å². The molecule has 0 aliphatic rings. The van der Waals surface area contributed by atoms with Crippen LogP contribution in [0, 0.1) is 0 Å². The molecule has 22 heavy (non-hydrogen) atoms. The summed E-state index contributed by atoms with van der Waals surface area (Å²) in [7, 11) is -4.04. The largest absolute Gasteiger partial charge is 0.501 e. The number of likely N-dealkylation sites (N-methyl/N-ethyl adjacent to an activating group) is 1. The second-order valence-electron chi connectivity index (χ2n) is 4.40. The van der Waals surface area contributed by atoms with Gasteiger partial charge in [-0.05, 0) is 38.1 Å². The van der Waals surface area contributed by atoms with Gasteiger partial charge in [-0.1, -0.05) is 0 Å². The molecule has 0 aliphatic carbocycles. The molecule has 1 aromatic carbocycles. The predicted molar refractivity (Wildman–Crippen MR) is 74.2 cm³/mol. The van der Waals surface area contributed by atoms with Gasteiger partial charge in [-0.15, -0.1) is 0 Å². The normalized spacial score (nSPS) is 13.7. The van der Waals surface area contributed by atoms with Crippen LogP contribution >= 0.6 is 0 Å². The van der Waals surface area contributed by atoms with Gasteiger partial charge >= 0.3 is 5.51 Å². The lowest BCUT2D eigenvalue weighted by atomic mass is 10.2. The quantitative estimate of drug-likeness (QED) is 0.826. The van der Waals surface area contributed by atoms with E-state index < -0.39 is 26.3 Å². The van der Waals surface area contributed by atoms with Crippen LogP contribution in [0.25, 0.3) is 0 Å². The van der Waals surface area contributed by atoms with Crippen molar-refractivity contribution in [2.45, 2.75) is 30.4 Å². The lowest BCUT2D eigenvalue weighted by Gasteiger charge is -2.24. The summed E-state index contributed by atoms with van der Waals surface area (Å²) in [5.41, 5.74) is -5.07. The van der Waals surface area contributed by atoms with Crippen LogP contribution < -0.4 is 4.90 Å². The average Bonchev–Trinajstić information content (AvgIpc) is 2.46. The van der Waals surface area contributed by atoms with Crippen LogP contribution in [-0.2, 0) is 19.4 Å². The number of hydrogen-bond donors (Lipinski definition) is 0. The summed E-state index contributed by atoms with van der Waals surface area (Å²) in [6.45, 7) is 3.48. The van der Waals surface area contributed by atoms with Gasteiger partial charge in [0.05, 0.1) is 4.90 Å². The summed E-state index contributed by atoms with van der Waals surface area (Å²) in [6, 6.07) is 3.96. The van der Waals surface area contributed by atoms with E-state index in [1.54, 1.807) is 6.92 Å². The highest BCUT2D eigenvalue weighted by molar-refractivity contribution is 7.92. The zero-order chi connectivity index (χ0) is 17.1. The molecule has 0 radical (unpaired) electrons. The van der Waals surface area contributed by atoms with Gasteiger partial charge < -0.3 is 9.64 Å². The Labute approximate surface area is 126 Å². The Balaban J connectivity index is 3.14. The molecule has 0 aliphatic heterocycles. The van der Waals surface area contributed by atoms with Crippen molar-refractivity contribution in [2.24, 2.45) is 0 Å². The molecule has 0 aromatic heterocycles. The van der Waals surface area contributed by atoms with Crippen LogP contribution in [0.2, 0.25) is 0 Å². The fourth-order valence-electron chi connectivity index (χ4n) is 1.72. The highest BCUT2D eigenvalue weighted by Gasteiger charge is 2.46. The molecular formula is C13H16F3NO4S. The molecule has 0 saturated heterocycles. The molecule has 5 nitrogen and oxygen atoms in total. The third-order valence-corrected chi connectivity index (χ3v) is 4.55. The number of sulfone groups is 1. The van der Waals surface area contributed by atoms with Gasteiger partial charge in [-0.3, -0.25) is 4.79 Å². The van der Waals surface area contributed by atoms with Crippen molar-refractivity contribution in [1.82, 2.24) is 0 Å². The van der Waals surface area contributed by atoms with Gasteiger partial charge in [0.1, 0.15) is 6.10 Å². The van der Waals surface area contributed by atoms with Gasteiger partial charge in [0.15, 0.2) is 0 Å². The summed E-state index contributed by atoms with van der Waals surface area (Å²) in [5.74, 6) is -0.378. The van der Waals surface area contributed by atoms with Crippen LogP contribution in [0.3, 0.4) is 0 Å². The Morgan fingerprint density at radius 3 is 2.14 bits per heavy atom. The van der Waals surface area contributed by atoms with E-state index in [0.717, 1.165) is 24.3 Å². The SMILES string of the molecule is CCN(C(=O)C(C)OC)c1ccc(S(=O)(=O)C(F)(F)F)cc1. The molecular weight excluding hydrogens is 323 g/mol. The maximum absolute atomic E-state index is 12.5. The van der Waals surface area contributed by atoms with E-state index in [0.29, 0.717) is 0 Å². The minimum absolute atomic E-state index is 0.262. The van der Waals surface area contributed by atoms with Crippen LogP contribution in [0.1, 0.15) is 13.8 Å². The van der Waals surface area contributed by atoms with E-state index in [1.807, 2.05) is 0 Å². The lowest BCUT2D eigenvalue weighted by Crippen LogP contribution is -2.38. The van der Waals surface area contributed by atoms with E-state index >= 15 is 0 Å². The number of ether oxygens (including phenoxy) is 1. The van der Waals surface area contributed by atoms with E-state index in [-0.39, 0.29) is 18.1 Å². The molecule has 1 rings (SSSR count). The predicted octanol–water partition coefficient (Wildman–Crippen LogP) is 2.37. The first-order valence-electron chi connectivity index (χ1n) is 6.31. The zero-order valence-corrected chi connectivity index (χ0v) is 13.0. The molecule has 0 saturated carbocycles.